The first-order valence-corrected chi connectivity index (χ1v) is 18.2. The van der Waals surface area contributed by atoms with Gasteiger partial charge in [-0.3, -0.25) is 24.4 Å². The molecule has 0 radical (unpaired) electrons. The molecule has 2 aromatic carbocycles. The number of fused-ring (bicyclic) bond motifs is 1. The fourth-order valence-electron chi connectivity index (χ4n) is 6.68. The van der Waals surface area contributed by atoms with E-state index >= 15 is 0 Å². The number of aliphatic imine (C=N–C) groups is 1. The molecule has 2 saturated heterocycles. The Kier molecular flexibility index (Phi) is 11.5. The van der Waals surface area contributed by atoms with Crippen LogP contribution in [0.2, 0.25) is 5.02 Å². The SMILES string of the molecule is COC(=O)C1=C(CN2CCN3C(=O)N(c4ccc(CCC(=O)N[C@H](C)CCC(=O)O)cc4)C[C@@H]3C2)NC(c2nccs2)=N[C@H]1c1ccc(F)cc1Cl. The molecule has 13 nitrogen and oxygen atoms in total. The van der Waals surface area contributed by atoms with Crippen molar-refractivity contribution in [1.82, 2.24) is 25.4 Å². The summed E-state index contributed by atoms with van der Waals surface area (Å²) < 4.78 is 19.2. The number of carbonyl (C=O) groups excluding carboxylic acids is 3. The molecule has 0 aliphatic carbocycles. The number of piperazine rings is 1. The van der Waals surface area contributed by atoms with Crippen molar-refractivity contribution >= 4 is 58.3 Å². The number of aryl methyl sites for hydroxylation is 1. The van der Waals surface area contributed by atoms with Crippen molar-refractivity contribution in [2.45, 2.75) is 50.7 Å². The Balaban J connectivity index is 1.13. The van der Waals surface area contributed by atoms with Crippen molar-refractivity contribution in [2.75, 3.05) is 44.7 Å². The molecule has 2 fully saturated rings. The fourth-order valence-corrected chi connectivity index (χ4v) is 7.54. The third-order valence-electron chi connectivity index (χ3n) is 9.33. The van der Waals surface area contributed by atoms with E-state index in [9.17, 15) is 23.6 Å². The Hall–Kier alpha value is -4.86. The van der Waals surface area contributed by atoms with Crippen molar-refractivity contribution in [3.63, 3.8) is 0 Å². The molecule has 6 rings (SSSR count). The third-order valence-corrected chi connectivity index (χ3v) is 10.4. The summed E-state index contributed by atoms with van der Waals surface area (Å²) in [7, 11) is 1.30. The Morgan fingerprint density at radius 2 is 1.94 bits per heavy atom. The van der Waals surface area contributed by atoms with Crippen LogP contribution < -0.4 is 15.5 Å². The van der Waals surface area contributed by atoms with E-state index < -0.39 is 23.8 Å². The number of carboxylic acids is 1. The van der Waals surface area contributed by atoms with Crippen LogP contribution in [0.3, 0.4) is 0 Å². The quantitative estimate of drug-likeness (QED) is 0.216. The summed E-state index contributed by atoms with van der Waals surface area (Å²) in [4.78, 5) is 65.0. The number of thiazole rings is 1. The van der Waals surface area contributed by atoms with Gasteiger partial charge in [-0.25, -0.2) is 19.0 Å². The highest BCUT2D eigenvalue weighted by Gasteiger charge is 2.42. The number of amides is 3. The monoisotopic (exact) mass is 751 g/mol. The maximum Gasteiger partial charge on any atom is 0.338 e. The summed E-state index contributed by atoms with van der Waals surface area (Å²) in [5, 5.41) is 17.6. The second-order valence-corrected chi connectivity index (χ2v) is 14.2. The summed E-state index contributed by atoms with van der Waals surface area (Å²) in [6.07, 6.45) is 2.81. The lowest BCUT2D eigenvalue weighted by Crippen LogP contribution is -2.53. The second-order valence-electron chi connectivity index (χ2n) is 12.9. The van der Waals surface area contributed by atoms with Gasteiger partial charge >= 0.3 is 18.0 Å². The first kappa shape index (κ1) is 36.9. The average molecular weight is 752 g/mol. The number of carbonyl (C=O) groups is 4. The minimum absolute atomic E-state index is 0.000886. The molecule has 3 aromatic rings. The molecule has 274 valence electrons. The molecule has 0 unspecified atom stereocenters. The predicted molar refractivity (Wildman–Crippen MR) is 194 cm³/mol. The molecule has 3 atom stereocenters. The molecule has 3 N–H and O–H groups in total. The molecule has 52 heavy (non-hydrogen) atoms. The zero-order valence-corrected chi connectivity index (χ0v) is 30.3. The van der Waals surface area contributed by atoms with Crippen LogP contribution >= 0.6 is 22.9 Å². The summed E-state index contributed by atoms with van der Waals surface area (Å²) in [6.45, 7) is 4.17. The van der Waals surface area contributed by atoms with Gasteiger partial charge in [0.15, 0.2) is 10.8 Å². The number of urea groups is 1. The summed E-state index contributed by atoms with van der Waals surface area (Å²) in [5.74, 6) is -1.68. The molecule has 0 spiro atoms. The Morgan fingerprint density at radius 3 is 2.63 bits per heavy atom. The van der Waals surface area contributed by atoms with Crippen LogP contribution in [0.25, 0.3) is 0 Å². The number of hydrogen-bond acceptors (Lipinski definition) is 10. The molecule has 3 aliphatic heterocycles. The van der Waals surface area contributed by atoms with E-state index in [0.717, 1.165) is 11.3 Å². The normalized spacial score (nSPS) is 19.5. The molecule has 3 aliphatic rings. The van der Waals surface area contributed by atoms with Crippen LogP contribution in [0.15, 0.2) is 70.3 Å². The number of methoxy groups -OCH3 is 1. The number of hydrogen-bond donors (Lipinski definition) is 3. The van der Waals surface area contributed by atoms with E-state index in [1.165, 1.54) is 36.6 Å². The van der Waals surface area contributed by atoms with E-state index in [-0.39, 0.29) is 47.5 Å². The molecular weight excluding hydrogens is 713 g/mol. The van der Waals surface area contributed by atoms with Crippen molar-refractivity contribution < 1.29 is 33.4 Å². The van der Waals surface area contributed by atoms with Crippen LogP contribution in [-0.2, 0) is 25.5 Å². The first-order chi connectivity index (χ1) is 25.0. The van der Waals surface area contributed by atoms with Crippen LogP contribution in [0.5, 0.6) is 0 Å². The third kappa shape index (κ3) is 8.43. The minimum atomic E-state index is -0.893. The summed E-state index contributed by atoms with van der Waals surface area (Å²) in [6, 6.07) is 10.3. The predicted octanol–water partition coefficient (Wildman–Crippen LogP) is 4.38. The number of halogens is 2. The fraction of sp³-hybridized carbons (Fsp3) is 0.389. The lowest BCUT2D eigenvalue weighted by molar-refractivity contribution is -0.138. The van der Waals surface area contributed by atoms with E-state index in [1.54, 1.807) is 18.0 Å². The van der Waals surface area contributed by atoms with Crippen molar-refractivity contribution in [3.8, 4) is 0 Å². The van der Waals surface area contributed by atoms with Crippen molar-refractivity contribution in [3.05, 3.63) is 92.3 Å². The zero-order chi connectivity index (χ0) is 36.9. The maximum absolute atomic E-state index is 14.0. The van der Waals surface area contributed by atoms with Gasteiger partial charge in [0, 0.05) is 85.2 Å². The lowest BCUT2D eigenvalue weighted by Gasteiger charge is -2.38. The van der Waals surface area contributed by atoms with Crippen LogP contribution in [0, 0.1) is 5.82 Å². The molecule has 0 bridgehead atoms. The highest BCUT2D eigenvalue weighted by atomic mass is 35.5. The molecule has 1 aromatic heterocycles. The van der Waals surface area contributed by atoms with Gasteiger partial charge in [-0.1, -0.05) is 29.8 Å². The number of aromatic nitrogens is 1. The van der Waals surface area contributed by atoms with E-state index in [0.29, 0.717) is 67.7 Å². The van der Waals surface area contributed by atoms with Crippen LogP contribution in [-0.4, -0.2) is 102 Å². The average Bonchev–Trinajstić information content (AvgIpc) is 3.78. The highest BCUT2D eigenvalue weighted by Crippen LogP contribution is 2.37. The number of amidine groups is 1. The van der Waals surface area contributed by atoms with Gasteiger partial charge in [-0.15, -0.1) is 11.3 Å². The largest absolute Gasteiger partial charge is 0.481 e. The number of ether oxygens (including phenoxy) is 1. The smallest absolute Gasteiger partial charge is 0.338 e. The number of nitrogens with one attached hydrogen (secondary N) is 2. The number of esters is 1. The Labute approximate surface area is 309 Å². The number of aliphatic carboxylic acids is 1. The number of anilines is 1. The van der Waals surface area contributed by atoms with Gasteiger partial charge in [0.25, 0.3) is 0 Å². The van der Waals surface area contributed by atoms with Gasteiger partial charge in [0.1, 0.15) is 11.9 Å². The molecule has 16 heteroatoms. The summed E-state index contributed by atoms with van der Waals surface area (Å²) >= 11 is 7.88. The van der Waals surface area contributed by atoms with Gasteiger partial charge in [0.2, 0.25) is 5.91 Å². The second kappa shape index (κ2) is 16.2. The van der Waals surface area contributed by atoms with Gasteiger partial charge in [-0.2, -0.15) is 0 Å². The molecule has 4 heterocycles. The number of nitrogens with zero attached hydrogens (tertiary/aromatic N) is 5. The standard InChI is InChI=1S/C36H39ClFN7O6S/c1-21(3-12-30(47)48)40-29(46)11-6-22-4-8-24(9-5-22)45-19-25-18-43(14-15-44(25)36(45)50)20-28-31(35(49)51-2)32(26-10-7-23(38)17-27(26)37)42-33(41-28)34-39-13-16-52-34/h4-5,7-10,13,16-17,21,25,32H,3,6,11-12,14-15,18-20H2,1-2H3,(H,40,46)(H,41,42)(H,47,48)/t21-,25+,32+/m1/s1. The van der Waals surface area contributed by atoms with Crippen molar-refractivity contribution in [2.24, 2.45) is 4.99 Å². The minimum Gasteiger partial charge on any atom is -0.481 e. The topological polar surface area (TPSA) is 157 Å². The Morgan fingerprint density at radius 1 is 1.15 bits per heavy atom. The van der Waals surface area contributed by atoms with Crippen LogP contribution in [0.4, 0.5) is 14.9 Å². The number of benzene rings is 2. The number of carboxylic acid groups (broad SMARTS) is 1. The van der Waals surface area contributed by atoms with Crippen molar-refractivity contribution in [1.29, 1.82) is 0 Å². The van der Waals surface area contributed by atoms with E-state index in [4.69, 9.17) is 26.4 Å². The maximum atomic E-state index is 14.0. The van der Waals surface area contributed by atoms with E-state index in [1.807, 2.05) is 34.5 Å². The summed E-state index contributed by atoms with van der Waals surface area (Å²) in [5.41, 5.74) is 2.98. The molecular formula is C36H39ClFN7O6S. The number of rotatable bonds is 13. The van der Waals surface area contributed by atoms with Gasteiger partial charge in [0.05, 0.1) is 18.7 Å². The zero-order valence-electron chi connectivity index (χ0n) is 28.7. The van der Waals surface area contributed by atoms with E-state index in [2.05, 4.69) is 20.5 Å². The lowest BCUT2D eigenvalue weighted by atomic mass is 9.95. The van der Waals surface area contributed by atoms with Gasteiger partial charge < -0.3 is 25.4 Å². The van der Waals surface area contributed by atoms with Gasteiger partial charge in [-0.05, 0) is 49.6 Å². The highest BCUT2D eigenvalue weighted by molar-refractivity contribution is 7.11. The molecule has 0 saturated carbocycles. The Bertz CT molecular complexity index is 1890. The first-order valence-electron chi connectivity index (χ1n) is 16.9. The molecule has 3 amide bonds. The van der Waals surface area contributed by atoms with Crippen LogP contribution in [0.1, 0.15) is 48.4 Å².